The van der Waals surface area contributed by atoms with Gasteiger partial charge in [-0.2, -0.15) is 0 Å². The quantitative estimate of drug-likeness (QED) is 0.859. The first kappa shape index (κ1) is 11.6. The average molecular weight is 254 g/mol. The smallest absolute Gasteiger partial charge is 0.251 e. The molecule has 0 fully saturated rings. The standard InChI is InChI=1S/C14H14N4O/c1-9-6-10-7-11(2-3-12(10)14(19)17-9)18-13-4-5-15-8-16-13/h2-5,7-9H,6H2,1H3,(H,17,19)(H,15,16,18). The van der Waals surface area contributed by atoms with E-state index in [-0.39, 0.29) is 11.9 Å². The lowest BCUT2D eigenvalue weighted by Crippen LogP contribution is -2.39. The van der Waals surface area contributed by atoms with Crippen LogP contribution in [0.2, 0.25) is 0 Å². The van der Waals surface area contributed by atoms with Crippen LogP contribution in [0.4, 0.5) is 11.5 Å². The molecular formula is C14H14N4O. The van der Waals surface area contributed by atoms with Gasteiger partial charge in [0.15, 0.2) is 0 Å². The molecule has 1 aliphatic heterocycles. The summed E-state index contributed by atoms with van der Waals surface area (Å²) in [5, 5.41) is 6.13. The van der Waals surface area contributed by atoms with Crippen LogP contribution in [-0.4, -0.2) is 21.9 Å². The number of carbonyl (C=O) groups is 1. The molecule has 5 heteroatoms. The summed E-state index contributed by atoms with van der Waals surface area (Å²) in [5.41, 5.74) is 2.75. The Morgan fingerprint density at radius 3 is 3.05 bits per heavy atom. The molecule has 1 amide bonds. The normalized spacial score (nSPS) is 17.5. The molecule has 96 valence electrons. The summed E-state index contributed by atoms with van der Waals surface area (Å²) < 4.78 is 0. The van der Waals surface area contributed by atoms with Crippen molar-refractivity contribution in [2.75, 3.05) is 5.32 Å². The van der Waals surface area contributed by atoms with Crippen molar-refractivity contribution in [1.29, 1.82) is 0 Å². The van der Waals surface area contributed by atoms with Crippen molar-refractivity contribution < 1.29 is 4.79 Å². The first-order valence-electron chi connectivity index (χ1n) is 6.19. The fraction of sp³-hybridized carbons (Fsp3) is 0.214. The number of aromatic nitrogens is 2. The van der Waals surface area contributed by atoms with Crippen molar-refractivity contribution in [3.63, 3.8) is 0 Å². The van der Waals surface area contributed by atoms with Gasteiger partial charge in [-0.25, -0.2) is 9.97 Å². The molecule has 0 bridgehead atoms. The molecule has 0 saturated heterocycles. The lowest BCUT2D eigenvalue weighted by atomic mass is 9.95. The predicted octanol–water partition coefficient (Wildman–Crippen LogP) is 1.89. The van der Waals surface area contributed by atoms with Crippen molar-refractivity contribution in [3.8, 4) is 0 Å². The Labute approximate surface area is 111 Å². The lowest BCUT2D eigenvalue weighted by Gasteiger charge is -2.23. The third kappa shape index (κ3) is 2.40. The Balaban J connectivity index is 1.89. The number of nitrogens with zero attached hydrogens (tertiary/aromatic N) is 2. The second-order valence-electron chi connectivity index (χ2n) is 4.67. The molecule has 3 rings (SSSR count). The summed E-state index contributed by atoms with van der Waals surface area (Å²) in [5.74, 6) is 0.741. The molecule has 1 atom stereocenters. The monoisotopic (exact) mass is 254 g/mol. The second-order valence-corrected chi connectivity index (χ2v) is 4.67. The van der Waals surface area contributed by atoms with E-state index >= 15 is 0 Å². The van der Waals surface area contributed by atoms with Gasteiger partial charge in [0.05, 0.1) is 0 Å². The van der Waals surface area contributed by atoms with E-state index in [0.717, 1.165) is 29.1 Å². The van der Waals surface area contributed by atoms with Crippen molar-refractivity contribution in [3.05, 3.63) is 47.9 Å². The Morgan fingerprint density at radius 1 is 1.37 bits per heavy atom. The van der Waals surface area contributed by atoms with Crippen LogP contribution in [0, 0.1) is 0 Å². The van der Waals surface area contributed by atoms with Crippen LogP contribution in [-0.2, 0) is 6.42 Å². The fourth-order valence-corrected chi connectivity index (χ4v) is 2.26. The van der Waals surface area contributed by atoms with Gasteiger partial charge < -0.3 is 10.6 Å². The molecule has 1 aromatic carbocycles. The molecule has 0 aliphatic carbocycles. The van der Waals surface area contributed by atoms with E-state index in [1.807, 2.05) is 25.1 Å². The highest BCUT2D eigenvalue weighted by Crippen LogP contribution is 2.22. The van der Waals surface area contributed by atoms with Gasteiger partial charge in [-0.05, 0) is 43.2 Å². The van der Waals surface area contributed by atoms with Gasteiger partial charge in [0.1, 0.15) is 12.1 Å². The van der Waals surface area contributed by atoms with Crippen molar-refractivity contribution in [2.45, 2.75) is 19.4 Å². The summed E-state index contributed by atoms with van der Waals surface area (Å²) in [4.78, 5) is 19.8. The highest BCUT2D eigenvalue weighted by molar-refractivity contribution is 5.97. The summed E-state index contributed by atoms with van der Waals surface area (Å²) in [6.45, 7) is 2.01. The van der Waals surface area contributed by atoms with Gasteiger partial charge in [-0.15, -0.1) is 0 Å². The van der Waals surface area contributed by atoms with Crippen molar-refractivity contribution in [1.82, 2.24) is 15.3 Å². The topological polar surface area (TPSA) is 66.9 Å². The average Bonchev–Trinajstić information content (AvgIpc) is 2.39. The minimum Gasteiger partial charge on any atom is -0.349 e. The maximum atomic E-state index is 11.8. The number of carbonyl (C=O) groups excluding carboxylic acids is 1. The molecule has 2 heterocycles. The van der Waals surface area contributed by atoms with Crippen LogP contribution >= 0.6 is 0 Å². The fourth-order valence-electron chi connectivity index (χ4n) is 2.26. The number of benzene rings is 1. The number of nitrogens with one attached hydrogen (secondary N) is 2. The summed E-state index contributed by atoms with van der Waals surface area (Å²) in [6, 6.07) is 7.72. The molecule has 2 N–H and O–H groups in total. The summed E-state index contributed by atoms with van der Waals surface area (Å²) in [6.07, 6.45) is 4.03. The van der Waals surface area contributed by atoms with Gasteiger partial charge in [0.25, 0.3) is 5.91 Å². The zero-order valence-corrected chi connectivity index (χ0v) is 10.6. The molecule has 1 aliphatic rings. The van der Waals surface area contributed by atoms with Gasteiger partial charge >= 0.3 is 0 Å². The summed E-state index contributed by atoms with van der Waals surface area (Å²) >= 11 is 0. The molecule has 2 aromatic rings. The number of anilines is 2. The summed E-state index contributed by atoms with van der Waals surface area (Å²) in [7, 11) is 0. The minimum absolute atomic E-state index is 0.00216. The van der Waals surface area contributed by atoms with Crippen LogP contribution < -0.4 is 10.6 Å². The van der Waals surface area contributed by atoms with Crippen LogP contribution in [0.5, 0.6) is 0 Å². The van der Waals surface area contributed by atoms with Crippen LogP contribution in [0.15, 0.2) is 36.8 Å². The largest absolute Gasteiger partial charge is 0.349 e. The van der Waals surface area contributed by atoms with Crippen molar-refractivity contribution >= 4 is 17.4 Å². The van der Waals surface area contributed by atoms with E-state index in [1.54, 1.807) is 12.3 Å². The Morgan fingerprint density at radius 2 is 2.26 bits per heavy atom. The van der Waals surface area contributed by atoms with E-state index in [9.17, 15) is 4.79 Å². The number of hydrogen-bond acceptors (Lipinski definition) is 4. The lowest BCUT2D eigenvalue weighted by molar-refractivity contribution is 0.0929. The van der Waals surface area contributed by atoms with Crippen molar-refractivity contribution in [2.24, 2.45) is 0 Å². The van der Waals surface area contributed by atoms with Gasteiger partial charge in [-0.3, -0.25) is 4.79 Å². The Hall–Kier alpha value is -2.43. The van der Waals surface area contributed by atoms with E-state index < -0.39 is 0 Å². The van der Waals surface area contributed by atoms with Crippen LogP contribution in [0.1, 0.15) is 22.8 Å². The molecule has 1 aromatic heterocycles. The first-order valence-corrected chi connectivity index (χ1v) is 6.19. The third-order valence-corrected chi connectivity index (χ3v) is 3.11. The zero-order chi connectivity index (χ0) is 13.2. The van der Waals surface area contributed by atoms with E-state index in [0.29, 0.717) is 0 Å². The Kier molecular flexibility index (Phi) is 2.87. The number of fused-ring (bicyclic) bond motifs is 1. The maximum Gasteiger partial charge on any atom is 0.251 e. The molecule has 5 nitrogen and oxygen atoms in total. The van der Waals surface area contributed by atoms with E-state index in [4.69, 9.17) is 0 Å². The van der Waals surface area contributed by atoms with Gasteiger partial charge in [-0.1, -0.05) is 0 Å². The number of amides is 1. The first-order chi connectivity index (χ1) is 9.22. The number of hydrogen-bond donors (Lipinski definition) is 2. The predicted molar refractivity (Wildman–Crippen MR) is 72.4 cm³/mol. The molecule has 19 heavy (non-hydrogen) atoms. The Bertz CT molecular complexity index is 612. The molecule has 0 spiro atoms. The molecule has 0 saturated carbocycles. The van der Waals surface area contributed by atoms with Crippen LogP contribution in [0.3, 0.4) is 0 Å². The zero-order valence-electron chi connectivity index (χ0n) is 10.6. The van der Waals surface area contributed by atoms with E-state index in [1.165, 1.54) is 6.33 Å². The number of rotatable bonds is 2. The third-order valence-electron chi connectivity index (χ3n) is 3.11. The molecule has 1 unspecified atom stereocenters. The van der Waals surface area contributed by atoms with E-state index in [2.05, 4.69) is 20.6 Å². The second kappa shape index (κ2) is 4.68. The highest BCUT2D eigenvalue weighted by atomic mass is 16.1. The highest BCUT2D eigenvalue weighted by Gasteiger charge is 2.21. The molecular weight excluding hydrogens is 240 g/mol. The minimum atomic E-state index is 0.00216. The maximum absolute atomic E-state index is 11.8. The van der Waals surface area contributed by atoms with Gasteiger partial charge in [0, 0.05) is 23.5 Å². The van der Waals surface area contributed by atoms with Crippen LogP contribution in [0.25, 0.3) is 0 Å². The van der Waals surface area contributed by atoms with Gasteiger partial charge in [0.2, 0.25) is 0 Å². The molecule has 0 radical (unpaired) electrons. The SMILES string of the molecule is CC1Cc2cc(Nc3ccncn3)ccc2C(=O)N1.